The van der Waals surface area contributed by atoms with E-state index in [4.69, 9.17) is 4.74 Å². The van der Waals surface area contributed by atoms with Gasteiger partial charge in [-0.15, -0.1) is 0 Å². The van der Waals surface area contributed by atoms with E-state index in [0.717, 1.165) is 33.0 Å². The van der Waals surface area contributed by atoms with Gasteiger partial charge in [-0.05, 0) is 99.4 Å². The molecule has 12 rings (SSSR count). The molecule has 0 saturated carbocycles. The zero-order valence-electron chi connectivity index (χ0n) is 33.3. The molecule has 61 heavy (non-hydrogen) atoms. The van der Waals surface area contributed by atoms with Crippen molar-refractivity contribution in [3.8, 4) is 56.0 Å². The highest BCUT2D eigenvalue weighted by Crippen LogP contribution is 2.52. The van der Waals surface area contributed by atoms with Crippen LogP contribution in [0.1, 0.15) is 0 Å². The van der Waals surface area contributed by atoms with Gasteiger partial charge in [-0.3, -0.25) is 0 Å². The Morgan fingerprint density at radius 2 is 0.525 bits per heavy atom. The predicted octanol–water partition coefficient (Wildman–Crippen LogP) is 17.1. The molecule has 0 spiro atoms. The largest absolute Gasteiger partial charge is 0.456 e. The van der Waals surface area contributed by atoms with Gasteiger partial charge in [-0.25, -0.2) is 0 Å². The van der Waals surface area contributed by atoms with Gasteiger partial charge in [-0.2, -0.15) is 0 Å². The lowest BCUT2D eigenvalue weighted by Gasteiger charge is -2.23. The molecular formula is C60H38O. The maximum absolute atomic E-state index is 7.63. The second kappa shape index (κ2) is 14.4. The van der Waals surface area contributed by atoms with E-state index in [9.17, 15) is 0 Å². The smallest absolute Gasteiger partial charge is 0.135 e. The second-order valence-corrected chi connectivity index (χ2v) is 15.8. The number of benzene rings is 12. The van der Waals surface area contributed by atoms with Crippen molar-refractivity contribution in [3.05, 3.63) is 231 Å². The molecule has 0 aromatic heterocycles. The molecule has 0 heterocycles. The lowest BCUT2D eigenvalue weighted by molar-refractivity contribution is 0.494. The molecule has 0 saturated heterocycles. The number of fused-ring (bicyclic) bond motifs is 6. The van der Waals surface area contributed by atoms with Crippen LogP contribution in [-0.4, -0.2) is 0 Å². The van der Waals surface area contributed by atoms with E-state index in [-0.39, 0.29) is 0 Å². The van der Waals surface area contributed by atoms with Gasteiger partial charge in [0.1, 0.15) is 11.5 Å². The van der Waals surface area contributed by atoms with E-state index in [1.165, 1.54) is 87.6 Å². The molecule has 1 nitrogen and oxygen atoms in total. The fourth-order valence-electron chi connectivity index (χ4n) is 9.96. The fourth-order valence-corrected chi connectivity index (χ4v) is 9.96. The van der Waals surface area contributed by atoms with Crippen LogP contribution in [-0.2, 0) is 0 Å². The molecule has 0 aliphatic carbocycles. The molecule has 0 N–H and O–H groups in total. The summed E-state index contributed by atoms with van der Waals surface area (Å²) in [4.78, 5) is 0. The van der Waals surface area contributed by atoms with Gasteiger partial charge in [0.2, 0.25) is 0 Å². The summed E-state index contributed by atoms with van der Waals surface area (Å²) in [6.45, 7) is 0. The molecule has 0 aliphatic rings. The van der Waals surface area contributed by atoms with E-state index in [0.29, 0.717) is 0 Å². The number of ether oxygens (including phenoxy) is 1. The third-order valence-corrected chi connectivity index (χ3v) is 12.5. The molecule has 284 valence electrons. The SMILES string of the molecule is c1ccc(-c2c3ccccc3c(-c3cccc4ccccc34)c3c(Oc4cccc5c(-c6ccccc6)c6ccccc6c(-c6cccc7ccccc67)c45)cccc23)cc1. The van der Waals surface area contributed by atoms with Gasteiger partial charge in [0.25, 0.3) is 0 Å². The fraction of sp³-hybridized carbons (Fsp3) is 0. The van der Waals surface area contributed by atoms with Crippen molar-refractivity contribution in [2.75, 3.05) is 0 Å². The lowest BCUT2D eigenvalue weighted by atomic mass is 9.84. The van der Waals surface area contributed by atoms with Crippen molar-refractivity contribution in [3.63, 3.8) is 0 Å². The molecule has 12 aromatic carbocycles. The first-order chi connectivity index (χ1) is 30.3. The zero-order chi connectivity index (χ0) is 40.3. The quantitative estimate of drug-likeness (QED) is 0.153. The van der Waals surface area contributed by atoms with Crippen molar-refractivity contribution in [1.82, 2.24) is 0 Å². The average molecular weight is 775 g/mol. The van der Waals surface area contributed by atoms with E-state index < -0.39 is 0 Å². The summed E-state index contributed by atoms with van der Waals surface area (Å²) in [6, 6.07) is 83.4. The van der Waals surface area contributed by atoms with Crippen LogP contribution in [0.3, 0.4) is 0 Å². The Labute approximate surface area is 354 Å². The second-order valence-electron chi connectivity index (χ2n) is 15.8. The van der Waals surface area contributed by atoms with Gasteiger partial charge < -0.3 is 4.74 Å². The van der Waals surface area contributed by atoms with Crippen molar-refractivity contribution >= 4 is 64.6 Å². The highest BCUT2D eigenvalue weighted by molar-refractivity contribution is 6.27. The number of hydrogen-bond donors (Lipinski definition) is 0. The Balaban J connectivity index is 1.23. The molecule has 0 radical (unpaired) electrons. The summed E-state index contributed by atoms with van der Waals surface area (Å²) in [6.07, 6.45) is 0. The van der Waals surface area contributed by atoms with E-state index in [2.05, 4.69) is 231 Å². The normalized spacial score (nSPS) is 11.6. The van der Waals surface area contributed by atoms with Crippen molar-refractivity contribution < 1.29 is 4.74 Å². The van der Waals surface area contributed by atoms with Crippen LogP contribution >= 0.6 is 0 Å². The maximum Gasteiger partial charge on any atom is 0.135 e. The van der Waals surface area contributed by atoms with E-state index in [1.807, 2.05) is 0 Å². The summed E-state index contributed by atoms with van der Waals surface area (Å²) >= 11 is 0. The minimum absolute atomic E-state index is 0.814. The van der Waals surface area contributed by atoms with Gasteiger partial charge in [-0.1, -0.05) is 218 Å². The van der Waals surface area contributed by atoms with Crippen molar-refractivity contribution in [2.45, 2.75) is 0 Å². The first-order valence-corrected chi connectivity index (χ1v) is 21.0. The molecule has 0 aliphatic heterocycles. The lowest BCUT2D eigenvalue weighted by Crippen LogP contribution is -1.96. The molecule has 0 amide bonds. The van der Waals surface area contributed by atoms with E-state index in [1.54, 1.807) is 0 Å². The van der Waals surface area contributed by atoms with Gasteiger partial charge in [0.05, 0.1) is 0 Å². The highest BCUT2D eigenvalue weighted by Gasteiger charge is 2.24. The Morgan fingerprint density at radius 1 is 0.213 bits per heavy atom. The minimum atomic E-state index is 0.814. The minimum Gasteiger partial charge on any atom is -0.456 e. The molecule has 12 aromatic rings. The van der Waals surface area contributed by atoms with Crippen molar-refractivity contribution in [1.29, 1.82) is 0 Å². The molecule has 0 unspecified atom stereocenters. The summed E-state index contributed by atoms with van der Waals surface area (Å²) in [5, 5.41) is 14.1. The van der Waals surface area contributed by atoms with Crippen LogP contribution in [0.2, 0.25) is 0 Å². The monoisotopic (exact) mass is 774 g/mol. The summed E-state index contributed by atoms with van der Waals surface area (Å²) in [7, 11) is 0. The molecule has 0 atom stereocenters. The van der Waals surface area contributed by atoms with Crippen LogP contribution in [0.4, 0.5) is 0 Å². The summed E-state index contributed by atoms with van der Waals surface area (Å²) < 4.78 is 7.63. The topological polar surface area (TPSA) is 9.23 Å². The Hall–Kier alpha value is -8.00. The Morgan fingerprint density at radius 3 is 0.951 bits per heavy atom. The Kier molecular flexibility index (Phi) is 8.25. The third kappa shape index (κ3) is 5.63. The van der Waals surface area contributed by atoms with Crippen LogP contribution in [0.15, 0.2) is 231 Å². The molecule has 1 heteroatoms. The zero-order valence-corrected chi connectivity index (χ0v) is 33.3. The number of hydrogen-bond acceptors (Lipinski definition) is 1. The first-order valence-electron chi connectivity index (χ1n) is 21.0. The van der Waals surface area contributed by atoms with Gasteiger partial charge in [0, 0.05) is 21.9 Å². The van der Waals surface area contributed by atoms with Crippen LogP contribution in [0.5, 0.6) is 11.5 Å². The van der Waals surface area contributed by atoms with Crippen LogP contribution in [0, 0.1) is 0 Å². The van der Waals surface area contributed by atoms with Crippen LogP contribution in [0.25, 0.3) is 109 Å². The predicted molar refractivity (Wildman–Crippen MR) is 260 cm³/mol. The Bertz CT molecular complexity index is 3410. The molecular weight excluding hydrogens is 737 g/mol. The molecule has 0 fully saturated rings. The maximum atomic E-state index is 7.63. The molecule has 0 bridgehead atoms. The standard InChI is InChI=1S/C60H38O/c1-3-21-41(22-4-1)55-47-29-11-13-31-49(47)57(45-33-15-25-39-19-7-9-27-43(39)45)59-51(55)35-17-37-53(59)61-54-38-18-36-52-56(42-23-5-2-6-24-42)48-30-12-14-32-50(48)58(60(52)54)46-34-16-26-40-20-8-10-28-44(40)46/h1-38H. The summed E-state index contributed by atoms with van der Waals surface area (Å²) in [5.74, 6) is 1.63. The summed E-state index contributed by atoms with van der Waals surface area (Å²) in [5.41, 5.74) is 9.45. The number of rotatable bonds is 6. The van der Waals surface area contributed by atoms with E-state index >= 15 is 0 Å². The van der Waals surface area contributed by atoms with Crippen LogP contribution < -0.4 is 4.74 Å². The van der Waals surface area contributed by atoms with Crippen molar-refractivity contribution in [2.24, 2.45) is 0 Å². The average Bonchev–Trinajstić information content (AvgIpc) is 3.33. The van der Waals surface area contributed by atoms with Gasteiger partial charge >= 0.3 is 0 Å². The third-order valence-electron chi connectivity index (χ3n) is 12.5. The van der Waals surface area contributed by atoms with Gasteiger partial charge in [0.15, 0.2) is 0 Å². The first kappa shape index (κ1) is 35.0. The highest BCUT2D eigenvalue weighted by atomic mass is 16.5.